The molecule has 21 heavy (non-hydrogen) atoms. The standard InChI is InChI=1S/C17H26N2O2/c1-3-13-7-8-14(4-2)15(11-13)19-16(20)18-12-17(21)9-5-6-10-17/h7-8,11,21H,3-6,9-10,12H2,1-2H3,(H2,18,19,20). The number of anilines is 1. The lowest BCUT2D eigenvalue weighted by Gasteiger charge is -2.22. The number of rotatable bonds is 5. The molecular formula is C17H26N2O2. The van der Waals surface area contributed by atoms with Crippen LogP contribution in [-0.4, -0.2) is 23.3 Å². The van der Waals surface area contributed by atoms with Crippen molar-refractivity contribution in [2.75, 3.05) is 11.9 Å². The molecule has 1 aromatic rings. The Balaban J connectivity index is 1.95. The van der Waals surface area contributed by atoms with Gasteiger partial charge in [-0.15, -0.1) is 0 Å². The molecule has 4 nitrogen and oxygen atoms in total. The average Bonchev–Trinajstić information content (AvgIpc) is 2.92. The van der Waals surface area contributed by atoms with Crippen molar-refractivity contribution in [3.63, 3.8) is 0 Å². The fourth-order valence-electron chi connectivity index (χ4n) is 2.89. The Hall–Kier alpha value is -1.55. The van der Waals surface area contributed by atoms with E-state index < -0.39 is 5.60 Å². The zero-order chi connectivity index (χ0) is 15.3. The molecular weight excluding hydrogens is 264 g/mol. The van der Waals surface area contributed by atoms with E-state index in [9.17, 15) is 9.90 Å². The lowest BCUT2D eigenvalue weighted by molar-refractivity contribution is 0.0506. The van der Waals surface area contributed by atoms with E-state index in [1.54, 1.807) is 0 Å². The summed E-state index contributed by atoms with van der Waals surface area (Å²) >= 11 is 0. The third-order valence-corrected chi connectivity index (χ3v) is 4.32. The highest BCUT2D eigenvalue weighted by molar-refractivity contribution is 5.90. The van der Waals surface area contributed by atoms with E-state index in [0.717, 1.165) is 49.8 Å². The molecule has 1 aliphatic carbocycles. The third kappa shape index (κ3) is 4.21. The predicted octanol–water partition coefficient (Wildman–Crippen LogP) is 3.24. The van der Waals surface area contributed by atoms with Crippen LogP contribution >= 0.6 is 0 Å². The molecule has 0 spiro atoms. The number of carbonyl (C=O) groups is 1. The van der Waals surface area contributed by atoms with Crippen molar-refractivity contribution in [2.45, 2.75) is 58.0 Å². The van der Waals surface area contributed by atoms with Crippen molar-refractivity contribution in [1.29, 1.82) is 0 Å². The number of benzene rings is 1. The molecule has 116 valence electrons. The molecule has 2 amide bonds. The van der Waals surface area contributed by atoms with Gasteiger partial charge >= 0.3 is 6.03 Å². The molecule has 3 N–H and O–H groups in total. The van der Waals surface area contributed by atoms with Crippen molar-refractivity contribution in [3.8, 4) is 0 Å². The Morgan fingerprint density at radius 3 is 2.57 bits per heavy atom. The monoisotopic (exact) mass is 290 g/mol. The van der Waals surface area contributed by atoms with Crippen LogP contribution in [0.1, 0.15) is 50.7 Å². The van der Waals surface area contributed by atoms with E-state index in [1.165, 1.54) is 5.56 Å². The SMILES string of the molecule is CCc1ccc(CC)c(NC(=O)NCC2(O)CCCC2)c1. The van der Waals surface area contributed by atoms with Crippen LogP contribution in [0.4, 0.5) is 10.5 Å². The Morgan fingerprint density at radius 2 is 1.95 bits per heavy atom. The van der Waals surface area contributed by atoms with Gasteiger partial charge in [-0.25, -0.2) is 4.79 Å². The van der Waals surface area contributed by atoms with Crippen LogP contribution in [0.5, 0.6) is 0 Å². The molecule has 1 fully saturated rings. The van der Waals surface area contributed by atoms with Gasteiger partial charge in [-0.1, -0.05) is 38.8 Å². The number of hydrogen-bond acceptors (Lipinski definition) is 2. The molecule has 1 saturated carbocycles. The molecule has 1 aliphatic rings. The summed E-state index contributed by atoms with van der Waals surface area (Å²) in [7, 11) is 0. The highest BCUT2D eigenvalue weighted by atomic mass is 16.3. The van der Waals surface area contributed by atoms with Crippen LogP contribution in [0, 0.1) is 0 Å². The fourth-order valence-corrected chi connectivity index (χ4v) is 2.89. The van der Waals surface area contributed by atoms with Gasteiger partial charge in [0.15, 0.2) is 0 Å². The Labute approximate surface area is 126 Å². The maximum Gasteiger partial charge on any atom is 0.319 e. The fraction of sp³-hybridized carbons (Fsp3) is 0.588. The van der Waals surface area contributed by atoms with Gasteiger partial charge in [0.1, 0.15) is 0 Å². The summed E-state index contributed by atoms with van der Waals surface area (Å²) in [5.41, 5.74) is 2.49. The van der Waals surface area contributed by atoms with Gasteiger partial charge in [0.25, 0.3) is 0 Å². The molecule has 0 bridgehead atoms. The lowest BCUT2D eigenvalue weighted by Crippen LogP contribution is -2.42. The zero-order valence-corrected chi connectivity index (χ0v) is 13.0. The topological polar surface area (TPSA) is 61.4 Å². The normalized spacial score (nSPS) is 16.7. The zero-order valence-electron chi connectivity index (χ0n) is 13.0. The number of amides is 2. The molecule has 0 radical (unpaired) electrons. The van der Waals surface area contributed by atoms with Crippen LogP contribution in [0.15, 0.2) is 18.2 Å². The van der Waals surface area contributed by atoms with Crippen molar-refractivity contribution in [3.05, 3.63) is 29.3 Å². The molecule has 0 saturated heterocycles. The Kier molecular flexibility index (Phi) is 5.23. The Bertz CT molecular complexity index is 494. The predicted molar refractivity (Wildman–Crippen MR) is 85.6 cm³/mol. The highest BCUT2D eigenvalue weighted by Gasteiger charge is 2.31. The van der Waals surface area contributed by atoms with Crippen LogP contribution in [0.3, 0.4) is 0 Å². The van der Waals surface area contributed by atoms with Crippen LogP contribution in [-0.2, 0) is 12.8 Å². The first-order valence-electron chi connectivity index (χ1n) is 7.95. The van der Waals surface area contributed by atoms with E-state index in [2.05, 4.69) is 36.6 Å². The molecule has 0 heterocycles. The van der Waals surface area contributed by atoms with E-state index >= 15 is 0 Å². The Morgan fingerprint density at radius 1 is 1.24 bits per heavy atom. The lowest BCUT2D eigenvalue weighted by atomic mass is 10.0. The number of hydrogen-bond donors (Lipinski definition) is 3. The first-order valence-corrected chi connectivity index (χ1v) is 7.95. The van der Waals surface area contributed by atoms with Crippen LogP contribution in [0.25, 0.3) is 0 Å². The summed E-state index contributed by atoms with van der Waals surface area (Å²) in [4.78, 5) is 12.0. The van der Waals surface area contributed by atoms with Gasteiger partial charge in [-0.3, -0.25) is 0 Å². The van der Waals surface area contributed by atoms with Gasteiger partial charge in [0.05, 0.1) is 5.60 Å². The molecule has 1 aromatic carbocycles. The third-order valence-electron chi connectivity index (χ3n) is 4.32. The largest absolute Gasteiger partial charge is 0.388 e. The molecule has 0 unspecified atom stereocenters. The summed E-state index contributed by atoms with van der Waals surface area (Å²) in [6.45, 7) is 4.50. The minimum atomic E-state index is -0.712. The molecule has 2 rings (SSSR count). The van der Waals surface area contributed by atoms with Crippen molar-refractivity contribution in [1.82, 2.24) is 5.32 Å². The smallest absolute Gasteiger partial charge is 0.319 e. The quantitative estimate of drug-likeness (QED) is 0.779. The first kappa shape index (κ1) is 15.8. The van der Waals surface area contributed by atoms with Gasteiger partial charge in [0.2, 0.25) is 0 Å². The number of aryl methyl sites for hydroxylation is 2. The number of nitrogens with one attached hydrogen (secondary N) is 2. The second kappa shape index (κ2) is 6.94. The van der Waals surface area contributed by atoms with E-state index in [-0.39, 0.29) is 6.03 Å². The van der Waals surface area contributed by atoms with Gasteiger partial charge in [-0.05, 0) is 42.9 Å². The molecule has 0 atom stereocenters. The van der Waals surface area contributed by atoms with Crippen molar-refractivity contribution >= 4 is 11.7 Å². The second-order valence-corrected chi connectivity index (χ2v) is 5.94. The number of aliphatic hydroxyl groups is 1. The highest BCUT2D eigenvalue weighted by Crippen LogP contribution is 2.28. The minimum Gasteiger partial charge on any atom is -0.388 e. The first-order chi connectivity index (χ1) is 10.1. The molecule has 4 heteroatoms. The van der Waals surface area contributed by atoms with Crippen molar-refractivity contribution < 1.29 is 9.90 Å². The molecule has 0 aliphatic heterocycles. The maximum atomic E-state index is 12.0. The summed E-state index contributed by atoms with van der Waals surface area (Å²) < 4.78 is 0. The van der Waals surface area contributed by atoms with Crippen molar-refractivity contribution in [2.24, 2.45) is 0 Å². The van der Waals surface area contributed by atoms with Gasteiger partial charge < -0.3 is 15.7 Å². The minimum absolute atomic E-state index is 0.238. The summed E-state index contributed by atoms with van der Waals surface area (Å²) in [5, 5.41) is 16.0. The number of carbonyl (C=O) groups excluding carboxylic acids is 1. The van der Waals surface area contributed by atoms with E-state index in [0.29, 0.717) is 6.54 Å². The maximum absolute atomic E-state index is 12.0. The van der Waals surface area contributed by atoms with Gasteiger partial charge in [-0.2, -0.15) is 0 Å². The summed E-state index contributed by atoms with van der Waals surface area (Å²) in [6.07, 6.45) is 5.46. The second-order valence-electron chi connectivity index (χ2n) is 5.94. The van der Waals surface area contributed by atoms with Gasteiger partial charge in [0, 0.05) is 12.2 Å². The van der Waals surface area contributed by atoms with Crippen LogP contribution in [0.2, 0.25) is 0 Å². The molecule has 0 aromatic heterocycles. The van der Waals surface area contributed by atoms with Crippen LogP contribution < -0.4 is 10.6 Å². The summed E-state index contributed by atoms with van der Waals surface area (Å²) in [5.74, 6) is 0. The average molecular weight is 290 g/mol. The van der Waals surface area contributed by atoms with E-state index in [4.69, 9.17) is 0 Å². The van der Waals surface area contributed by atoms with E-state index in [1.807, 2.05) is 6.07 Å². The number of urea groups is 1. The summed E-state index contributed by atoms with van der Waals surface area (Å²) in [6, 6.07) is 5.96.